The van der Waals surface area contributed by atoms with Gasteiger partial charge in [0.15, 0.2) is 0 Å². The van der Waals surface area contributed by atoms with Crippen LogP contribution in [0.15, 0.2) is 0 Å². The van der Waals surface area contributed by atoms with E-state index in [1.165, 1.54) is 0 Å². The van der Waals surface area contributed by atoms with E-state index in [4.69, 9.17) is 33.0 Å². The molecule has 0 radical (unpaired) electrons. The molecule has 0 spiro atoms. The van der Waals surface area contributed by atoms with Gasteiger partial charge in [-0.15, -0.1) is 37.0 Å². The zero-order chi connectivity index (χ0) is 11.1. The van der Waals surface area contributed by atoms with E-state index in [0.29, 0.717) is 19.0 Å². The Balaban J connectivity index is 2.54. The predicted octanol–water partition coefficient (Wildman–Crippen LogP) is 0.414. The van der Waals surface area contributed by atoms with Gasteiger partial charge in [0.25, 0.3) is 0 Å². The Morgan fingerprint density at radius 2 is 0.933 bits per heavy atom. The highest BCUT2D eigenvalue weighted by atomic mass is 16.7. The highest BCUT2D eigenvalue weighted by Gasteiger charge is 2.39. The van der Waals surface area contributed by atoms with E-state index in [9.17, 15) is 0 Å². The Bertz CT molecular complexity index is 267. The van der Waals surface area contributed by atoms with Gasteiger partial charge in [0.1, 0.15) is 0 Å². The average Bonchev–Trinajstić information content (AvgIpc) is 2.19. The molecule has 0 aromatic heterocycles. The van der Waals surface area contributed by atoms with E-state index < -0.39 is 21.4 Å². The molecular weight excluding hydrogens is 189 g/mol. The summed E-state index contributed by atoms with van der Waals surface area (Å²) >= 11 is 0. The first kappa shape index (κ1) is 11.8. The van der Waals surface area contributed by atoms with Crippen LogP contribution in [0.4, 0.5) is 0 Å². The maximum atomic E-state index is 5.35. The third-order valence-electron chi connectivity index (χ3n) is 1.76. The first-order valence-electron chi connectivity index (χ1n) is 4.57. The van der Waals surface area contributed by atoms with Gasteiger partial charge >= 0.3 is 21.4 Å². The molecule has 0 atom stereocenters. The van der Waals surface area contributed by atoms with Gasteiger partial charge in [-0.3, -0.25) is 0 Å². The molecule has 0 N–H and O–H groups in total. The molecule has 0 aromatic carbocycles. The highest BCUT2D eigenvalue weighted by Crippen LogP contribution is 2.15. The van der Waals surface area contributed by atoms with Crippen molar-refractivity contribution in [1.29, 1.82) is 0 Å². The monoisotopic (exact) mass is 198 g/mol. The topological polar surface area (TPSA) is 27.7 Å². The van der Waals surface area contributed by atoms with E-state index in [-0.39, 0.29) is 0 Å². The maximum Gasteiger partial charge on any atom is 0.442 e. The number of hydrogen-bond donors (Lipinski definition) is 0. The highest BCUT2D eigenvalue weighted by molar-refractivity contribution is 6.74. The molecule has 1 aliphatic rings. The molecule has 72 valence electrons. The van der Waals surface area contributed by atoms with Crippen molar-refractivity contribution >= 4 is 21.4 Å². The van der Waals surface area contributed by atoms with Gasteiger partial charge in [-0.1, -0.05) is 0 Å². The van der Waals surface area contributed by atoms with Crippen molar-refractivity contribution in [3.05, 3.63) is 0 Å². The summed E-state index contributed by atoms with van der Waals surface area (Å²) in [4.78, 5) is 0. The Kier molecular flexibility index (Phi) is 4.95. The van der Waals surface area contributed by atoms with E-state index in [1.807, 2.05) is 0 Å². The Morgan fingerprint density at radius 1 is 0.667 bits per heavy atom. The van der Waals surface area contributed by atoms with E-state index in [1.54, 1.807) is 0 Å². The lowest BCUT2D eigenvalue weighted by Crippen LogP contribution is -2.48. The number of terminal acetylenes is 3. The van der Waals surface area contributed by atoms with Crippen molar-refractivity contribution in [2.75, 3.05) is 0 Å². The zero-order valence-corrected chi connectivity index (χ0v) is 8.31. The third-order valence-corrected chi connectivity index (χ3v) is 1.76. The van der Waals surface area contributed by atoms with Crippen molar-refractivity contribution in [3.8, 4) is 37.0 Å². The fourth-order valence-electron chi connectivity index (χ4n) is 1.18. The summed E-state index contributed by atoms with van der Waals surface area (Å²) in [6, 6.07) is 0. The normalized spacial score (nSPS) is 15.4. The van der Waals surface area contributed by atoms with Crippen molar-refractivity contribution < 1.29 is 13.7 Å². The van der Waals surface area contributed by atoms with Crippen LogP contribution in [0.2, 0.25) is 19.0 Å². The fraction of sp³-hybridized carbons (Fsp3) is 0.333. The van der Waals surface area contributed by atoms with Crippen LogP contribution < -0.4 is 0 Å². The SMILES string of the molecule is C#CCB1OB(CC#C)OB(CC#C)O1. The van der Waals surface area contributed by atoms with Crippen molar-refractivity contribution in [2.24, 2.45) is 0 Å². The van der Waals surface area contributed by atoms with Crippen LogP contribution in [0, 0.1) is 37.0 Å². The molecule has 0 aromatic rings. The van der Waals surface area contributed by atoms with E-state index >= 15 is 0 Å². The smallest absolute Gasteiger partial charge is 0.442 e. The summed E-state index contributed by atoms with van der Waals surface area (Å²) in [6.07, 6.45) is 16.6. The Labute approximate surface area is 91.7 Å². The largest absolute Gasteiger partial charge is 0.451 e. The van der Waals surface area contributed by atoms with Crippen LogP contribution >= 0.6 is 0 Å². The van der Waals surface area contributed by atoms with Crippen molar-refractivity contribution in [1.82, 2.24) is 0 Å². The Hall–Kier alpha value is -1.25. The Morgan fingerprint density at radius 3 is 1.13 bits per heavy atom. The van der Waals surface area contributed by atoms with Crippen molar-refractivity contribution in [3.63, 3.8) is 0 Å². The van der Waals surface area contributed by atoms with Crippen LogP contribution in [-0.4, -0.2) is 21.4 Å². The fourth-order valence-corrected chi connectivity index (χ4v) is 1.18. The predicted molar refractivity (Wildman–Crippen MR) is 61.4 cm³/mol. The van der Waals surface area contributed by atoms with Gasteiger partial charge in [-0.05, 0) is 0 Å². The van der Waals surface area contributed by atoms with Gasteiger partial charge in [0.2, 0.25) is 0 Å². The summed E-state index contributed by atoms with van der Waals surface area (Å²) in [5.74, 6) is 7.36. The summed E-state index contributed by atoms with van der Waals surface area (Å²) in [5, 5.41) is 0. The molecule has 0 bridgehead atoms. The second-order valence-electron chi connectivity index (χ2n) is 2.92. The van der Waals surface area contributed by atoms with Gasteiger partial charge in [0, 0.05) is 19.0 Å². The third kappa shape index (κ3) is 3.78. The lowest BCUT2D eigenvalue weighted by molar-refractivity contribution is 0.287. The first-order valence-corrected chi connectivity index (χ1v) is 4.57. The number of rotatable bonds is 3. The maximum absolute atomic E-state index is 5.35. The first-order chi connectivity index (χ1) is 7.30. The zero-order valence-electron chi connectivity index (χ0n) is 8.31. The van der Waals surface area contributed by atoms with Crippen molar-refractivity contribution in [2.45, 2.75) is 19.0 Å². The van der Waals surface area contributed by atoms with Gasteiger partial charge in [-0.25, -0.2) is 0 Å². The van der Waals surface area contributed by atoms with Gasteiger partial charge in [-0.2, -0.15) is 0 Å². The van der Waals surface area contributed by atoms with Gasteiger partial charge < -0.3 is 13.7 Å². The van der Waals surface area contributed by atoms with Crippen LogP contribution in [0.25, 0.3) is 0 Å². The summed E-state index contributed by atoms with van der Waals surface area (Å²) < 4.78 is 16.0. The quantitative estimate of drug-likeness (QED) is 0.485. The van der Waals surface area contributed by atoms with Crippen LogP contribution in [0.5, 0.6) is 0 Å². The minimum Gasteiger partial charge on any atom is -0.451 e. The van der Waals surface area contributed by atoms with Crippen LogP contribution in [0.1, 0.15) is 0 Å². The lowest BCUT2D eigenvalue weighted by atomic mass is 9.66. The summed E-state index contributed by atoms with van der Waals surface area (Å²) in [6.45, 7) is 0. The van der Waals surface area contributed by atoms with Crippen LogP contribution in [0.3, 0.4) is 0 Å². The molecule has 1 aliphatic heterocycles. The molecule has 1 heterocycles. The molecule has 1 fully saturated rings. The molecule has 0 saturated carbocycles. The molecule has 0 unspecified atom stereocenters. The van der Waals surface area contributed by atoms with Gasteiger partial charge in [0.05, 0.1) is 0 Å². The molecule has 6 heteroatoms. The van der Waals surface area contributed by atoms with E-state index in [0.717, 1.165) is 0 Å². The molecule has 0 aliphatic carbocycles. The molecule has 1 saturated heterocycles. The molecule has 0 amide bonds. The van der Waals surface area contributed by atoms with Crippen LogP contribution in [-0.2, 0) is 13.7 Å². The summed E-state index contributed by atoms with van der Waals surface area (Å²) in [7, 11) is -1.46. The second-order valence-corrected chi connectivity index (χ2v) is 2.92. The lowest BCUT2D eigenvalue weighted by Gasteiger charge is -2.28. The summed E-state index contributed by atoms with van der Waals surface area (Å²) in [5.41, 5.74) is 0. The molecule has 15 heavy (non-hydrogen) atoms. The van der Waals surface area contributed by atoms with E-state index in [2.05, 4.69) is 17.8 Å². The second kappa shape index (κ2) is 6.28. The molecule has 1 rings (SSSR count). The minimum absolute atomic E-state index is 0.353. The molecule has 3 nitrogen and oxygen atoms in total. The standard InChI is InChI=1S/C9H9B3O3/c1-4-7-10-13-11(8-5-2)15-12(14-10)9-6-3/h1-3H,7-9H2. The number of hydrogen-bond acceptors (Lipinski definition) is 3. The average molecular weight is 198 g/mol. The molecular formula is C9H9B3O3. The minimum atomic E-state index is -0.486.